The molecule has 3 rings (SSSR count). The van der Waals surface area contributed by atoms with Gasteiger partial charge in [0.05, 0.1) is 17.3 Å². The Hall–Kier alpha value is -3.50. The van der Waals surface area contributed by atoms with Gasteiger partial charge >= 0.3 is 0 Å². The molecular formula is C21H23N7. The van der Waals surface area contributed by atoms with Crippen LogP contribution in [0.25, 0.3) is 11.3 Å². The third-order valence-electron chi connectivity index (χ3n) is 4.03. The molecule has 0 saturated heterocycles. The first-order valence-electron chi connectivity index (χ1n) is 9.09. The van der Waals surface area contributed by atoms with Gasteiger partial charge in [0.25, 0.3) is 0 Å². The normalized spacial score (nSPS) is 10.5. The van der Waals surface area contributed by atoms with E-state index in [0.29, 0.717) is 17.3 Å². The van der Waals surface area contributed by atoms with Crippen LogP contribution in [0.15, 0.2) is 54.9 Å². The molecule has 0 unspecified atom stereocenters. The fourth-order valence-corrected chi connectivity index (χ4v) is 2.67. The summed E-state index contributed by atoms with van der Waals surface area (Å²) < 4.78 is 0. The molecule has 0 amide bonds. The van der Waals surface area contributed by atoms with E-state index in [0.717, 1.165) is 36.5 Å². The highest BCUT2D eigenvalue weighted by Crippen LogP contribution is 2.23. The molecule has 28 heavy (non-hydrogen) atoms. The quantitative estimate of drug-likeness (QED) is 0.584. The SMILES string of the molecule is CN(C)CCCNc1nc(Nc2cccc(C#N)c2)cc(-c2ccncc2)n1. The largest absolute Gasteiger partial charge is 0.354 e. The van der Waals surface area contributed by atoms with Gasteiger partial charge < -0.3 is 15.5 Å². The van der Waals surface area contributed by atoms with Gasteiger partial charge in [-0.2, -0.15) is 10.2 Å². The molecule has 0 spiro atoms. The van der Waals surface area contributed by atoms with Gasteiger partial charge in [0.15, 0.2) is 0 Å². The molecule has 0 aliphatic rings. The molecule has 0 radical (unpaired) electrons. The van der Waals surface area contributed by atoms with Crippen LogP contribution in [-0.4, -0.2) is 47.0 Å². The molecule has 1 aromatic carbocycles. The van der Waals surface area contributed by atoms with Crippen LogP contribution in [-0.2, 0) is 0 Å². The molecule has 2 aromatic heterocycles. The summed E-state index contributed by atoms with van der Waals surface area (Å²) in [4.78, 5) is 15.4. The fourth-order valence-electron chi connectivity index (χ4n) is 2.67. The molecule has 7 heteroatoms. The van der Waals surface area contributed by atoms with Gasteiger partial charge in [-0.05, 0) is 57.4 Å². The smallest absolute Gasteiger partial charge is 0.225 e. The van der Waals surface area contributed by atoms with Crippen LogP contribution < -0.4 is 10.6 Å². The Morgan fingerprint density at radius 2 is 1.89 bits per heavy atom. The molecule has 0 saturated carbocycles. The van der Waals surface area contributed by atoms with E-state index in [9.17, 15) is 0 Å². The van der Waals surface area contributed by atoms with Crippen molar-refractivity contribution < 1.29 is 0 Å². The lowest BCUT2D eigenvalue weighted by Crippen LogP contribution is -2.17. The summed E-state index contributed by atoms with van der Waals surface area (Å²) in [5.74, 6) is 1.22. The minimum atomic E-state index is 0.562. The minimum absolute atomic E-state index is 0.562. The topological polar surface area (TPSA) is 89.8 Å². The van der Waals surface area contributed by atoms with Crippen LogP contribution in [0.4, 0.5) is 17.5 Å². The summed E-state index contributed by atoms with van der Waals surface area (Å²) in [6.45, 7) is 1.77. The van der Waals surface area contributed by atoms with E-state index in [4.69, 9.17) is 5.26 Å². The summed E-state index contributed by atoms with van der Waals surface area (Å²) in [6, 6.07) is 15.2. The average Bonchev–Trinajstić information content (AvgIpc) is 2.72. The Morgan fingerprint density at radius 1 is 1.07 bits per heavy atom. The molecule has 7 nitrogen and oxygen atoms in total. The molecule has 0 bridgehead atoms. The summed E-state index contributed by atoms with van der Waals surface area (Å²) in [5.41, 5.74) is 3.15. The molecule has 3 aromatic rings. The third-order valence-corrected chi connectivity index (χ3v) is 4.03. The van der Waals surface area contributed by atoms with E-state index in [1.807, 2.05) is 30.3 Å². The first-order valence-corrected chi connectivity index (χ1v) is 9.09. The number of nitrogens with zero attached hydrogens (tertiary/aromatic N) is 5. The lowest BCUT2D eigenvalue weighted by atomic mass is 10.2. The van der Waals surface area contributed by atoms with Crippen LogP contribution in [0, 0.1) is 11.3 Å². The Bertz CT molecular complexity index is 948. The number of anilines is 3. The maximum atomic E-state index is 9.10. The number of aromatic nitrogens is 3. The van der Waals surface area contributed by atoms with Gasteiger partial charge in [-0.3, -0.25) is 4.98 Å². The number of nitriles is 1. The predicted molar refractivity (Wildman–Crippen MR) is 111 cm³/mol. The van der Waals surface area contributed by atoms with Crippen molar-refractivity contribution >= 4 is 17.5 Å². The molecular weight excluding hydrogens is 350 g/mol. The van der Waals surface area contributed by atoms with Gasteiger partial charge in [0.1, 0.15) is 5.82 Å². The van der Waals surface area contributed by atoms with Crippen LogP contribution in [0.1, 0.15) is 12.0 Å². The summed E-state index contributed by atoms with van der Waals surface area (Å²) >= 11 is 0. The Labute approximate surface area is 165 Å². The van der Waals surface area contributed by atoms with Crippen molar-refractivity contribution in [1.29, 1.82) is 5.26 Å². The zero-order valence-electron chi connectivity index (χ0n) is 16.1. The van der Waals surface area contributed by atoms with E-state index in [1.54, 1.807) is 24.5 Å². The number of rotatable bonds is 8. The highest BCUT2D eigenvalue weighted by Gasteiger charge is 2.08. The molecule has 0 aliphatic heterocycles. The lowest BCUT2D eigenvalue weighted by Gasteiger charge is -2.13. The molecule has 142 valence electrons. The molecule has 0 atom stereocenters. The maximum Gasteiger partial charge on any atom is 0.225 e. The Morgan fingerprint density at radius 3 is 2.64 bits per heavy atom. The van der Waals surface area contributed by atoms with Crippen molar-refractivity contribution in [2.24, 2.45) is 0 Å². The second kappa shape index (κ2) is 9.44. The molecule has 2 N–H and O–H groups in total. The zero-order chi connectivity index (χ0) is 19.8. The zero-order valence-corrected chi connectivity index (χ0v) is 16.1. The number of benzene rings is 1. The van der Waals surface area contributed by atoms with E-state index in [1.165, 1.54) is 0 Å². The molecule has 0 aliphatic carbocycles. The van der Waals surface area contributed by atoms with Gasteiger partial charge in [0.2, 0.25) is 5.95 Å². The molecule has 2 heterocycles. The van der Waals surface area contributed by atoms with Crippen molar-refractivity contribution in [3.05, 3.63) is 60.4 Å². The van der Waals surface area contributed by atoms with Crippen molar-refractivity contribution in [1.82, 2.24) is 19.9 Å². The predicted octanol–water partition coefficient (Wildman–Crippen LogP) is 3.52. The van der Waals surface area contributed by atoms with Crippen LogP contribution in [0.5, 0.6) is 0 Å². The van der Waals surface area contributed by atoms with Crippen molar-refractivity contribution in [3.8, 4) is 17.3 Å². The first kappa shape index (κ1) is 19.3. The lowest BCUT2D eigenvalue weighted by molar-refractivity contribution is 0.405. The van der Waals surface area contributed by atoms with E-state index in [2.05, 4.69) is 50.6 Å². The Balaban J connectivity index is 1.85. The standard InChI is InChI=1S/C21H23N7/c1-28(2)12-4-9-24-21-26-19(17-7-10-23-11-8-17)14-20(27-21)25-18-6-3-5-16(13-18)15-22/h3,5-8,10-11,13-14H,4,9,12H2,1-2H3,(H2,24,25,26,27). The summed E-state index contributed by atoms with van der Waals surface area (Å²) in [7, 11) is 4.11. The number of pyridine rings is 1. The monoisotopic (exact) mass is 373 g/mol. The average molecular weight is 373 g/mol. The minimum Gasteiger partial charge on any atom is -0.354 e. The van der Waals surface area contributed by atoms with E-state index < -0.39 is 0 Å². The fraction of sp³-hybridized carbons (Fsp3) is 0.238. The number of hydrogen-bond donors (Lipinski definition) is 2. The van der Waals surface area contributed by atoms with Crippen LogP contribution in [0.2, 0.25) is 0 Å². The Kier molecular flexibility index (Phi) is 6.50. The van der Waals surface area contributed by atoms with E-state index in [-0.39, 0.29) is 0 Å². The van der Waals surface area contributed by atoms with Crippen molar-refractivity contribution in [3.63, 3.8) is 0 Å². The van der Waals surface area contributed by atoms with Crippen molar-refractivity contribution in [2.45, 2.75) is 6.42 Å². The van der Waals surface area contributed by atoms with Gasteiger partial charge in [-0.15, -0.1) is 0 Å². The number of hydrogen-bond acceptors (Lipinski definition) is 7. The second-order valence-electron chi connectivity index (χ2n) is 6.60. The van der Waals surface area contributed by atoms with Crippen molar-refractivity contribution in [2.75, 3.05) is 37.8 Å². The third kappa shape index (κ3) is 5.50. The van der Waals surface area contributed by atoms with E-state index >= 15 is 0 Å². The van der Waals surface area contributed by atoms with Gasteiger partial charge in [0, 0.05) is 36.3 Å². The number of nitrogens with one attached hydrogen (secondary N) is 2. The first-order chi connectivity index (χ1) is 13.6. The summed E-state index contributed by atoms with van der Waals surface area (Å²) in [6.07, 6.45) is 4.47. The highest BCUT2D eigenvalue weighted by molar-refractivity contribution is 5.67. The van der Waals surface area contributed by atoms with Gasteiger partial charge in [-0.25, -0.2) is 4.98 Å². The molecule has 0 fully saturated rings. The maximum absolute atomic E-state index is 9.10. The van der Waals surface area contributed by atoms with Crippen LogP contribution >= 0.6 is 0 Å². The van der Waals surface area contributed by atoms with Gasteiger partial charge in [-0.1, -0.05) is 6.07 Å². The highest BCUT2D eigenvalue weighted by atomic mass is 15.1. The van der Waals surface area contributed by atoms with Crippen LogP contribution in [0.3, 0.4) is 0 Å². The second-order valence-corrected chi connectivity index (χ2v) is 6.60. The summed E-state index contributed by atoms with van der Waals surface area (Å²) in [5, 5.41) is 15.7.